The van der Waals surface area contributed by atoms with Gasteiger partial charge in [-0.15, -0.1) is 0 Å². The first-order chi connectivity index (χ1) is 16.4. The molecule has 25 N–H and O–H groups in total. The van der Waals surface area contributed by atoms with E-state index >= 15 is 0 Å². The lowest BCUT2D eigenvalue weighted by molar-refractivity contribution is 0.483. The molecule has 46 heavy (non-hydrogen) atoms. The van der Waals surface area contributed by atoms with Crippen molar-refractivity contribution in [1.29, 1.82) is 0 Å². The van der Waals surface area contributed by atoms with E-state index in [4.69, 9.17) is 4.99 Å². The number of hydrogen-bond acceptors (Lipinski definition) is 6. The normalized spacial score (nSPS) is 14.9. The van der Waals surface area contributed by atoms with Crippen LogP contribution in [-0.4, -0.2) is 102 Å². The summed E-state index contributed by atoms with van der Waals surface area (Å²) in [5.41, 5.74) is 7.71. The zero-order valence-electron chi connectivity index (χ0n) is 23.6. The maximum absolute atomic E-state index is 11.4. The van der Waals surface area contributed by atoms with Crippen LogP contribution in [0.15, 0.2) is 139 Å². The van der Waals surface area contributed by atoms with E-state index in [1.807, 2.05) is 66.8 Å². The van der Waals surface area contributed by atoms with Crippen molar-refractivity contribution in [3.05, 3.63) is 119 Å². The molecule has 6 rings (SSSR count). The van der Waals surface area contributed by atoms with Gasteiger partial charge in [0, 0.05) is 5.57 Å². The van der Waals surface area contributed by atoms with Crippen LogP contribution in [0.5, 0.6) is 0 Å². The van der Waals surface area contributed by atoms with Crippen molar-refractivity contribution < 1.29 is 78.7 Å². The Kier molecular flexibility index (Phi) is 27.1. The molecule has 19 nitrogen and oxygen atoms in total. The number of hydrogen-bond donors (Lipinski definition) is 1. The van der Waals surface area contributed by atoms with Crippen molar-refractivity contribution in [2.24, 2.45) is 20.0 Å². The first-order valence-electron chi connectivity index (χ1n) is 10.4. The van der Waals surface area contributed by atoms with Crippen molar-refractivity contribution in [3.8, 4) is 0 Å². The molecule has 1 aromatic rings. The van der Waals surface area contributed by atoms with Gasteiger partial charge in [-0.25, -0.2) is 20.0 Å². The van der Waals surface area contributed by atoms with Crippen LogP contribution in [0.1, 0.15) is 5.56 Å². The molecule has 0 amide bonds. The van der Waals surface area contributed by atoms with E-state index < -0.39 is 10.1 Å². The molecule has 1 aromatic carbocycles. The first kappa shape index (κ1) is 57.0. The van der Waals surface area contributed by atoms with Gasteiger partial charge in [-0.1, -0.05) is 12.1 Å². The molecule has 20 heteroatoms. The predicted octanol–water partition coefficient (Wildman–Crippen LogP) is -5.54. The number of nitrogens with zero attached hydrogens (tertiary/aromatic N) is 4. The maximum Gasteiger partial charge on any atom is 0.294 e. The van der Waals surface area contributed by atoms with Crippen LogP contribution in [-0.2, 0) is 10.1 Å². The van der Waals surface area contributed by atoms with Gasteiger partial charge < -0.3 is 65.7 Å². The van der Waals surface area contributed by atoms with Gasteiger partial charge in [-0.2, -0.15) is 8.42 Å². The van der Waals surface area contributed by atoms with Crippen LogP contribution >= 0.6 is 0 Å². The van der Waals surface area contributed by atoms with Gasteiger partial charge in [0.15, 0.2) is 0 Å². The summed E-state index contributed by atoms with van der Waals surface area (Å²) in [6, 6.07) is 6.03. The van der Waals surface area contributed by atoms with Gasteiger partial charge >= 0.3 is 0 Å². The number of fused-ring (bicyclic) bond motifs is 4. The van der Waals surface area contributed by atoms with Gasteiger partial charge in [0.25, 0.3) is 10.1 Å². The molecular formula is C26H40N4O15S. The van der Waals surface area contributed by atoms with E-state index in [9.17, 15) is 13.0 Å². The highest BCUT2D eigenvalue weighted by Gasteiger charge is 2.19. The Morgan fingerprint density at radius 3 is 1.20 bits per heavy atom. The summed E-state index contributed by atoms with van der Waals surface area (Å²) in [7, 11) is -4.27. The van der Waals surface area contributed by atoms with Gasteiger partial charge in [-0.05, 0) is 84.5 Å². The fraction of sp³-hybridized carbons (Fsp3) is 0. The summed E-state index contributed by atoms with van der Waals surface area (Å²) in [5, 5.41) is 0. The minimum atomic E-state index is -4.27. The van der Waals surface area contributed by atoms with Crippen molar-refractivity contribution in [2.75, 3.05) is 0 Å². The smallest absolute Gasteiger partial charge is 0.294 e. The SMILES string of the molecule is O.O.O.O.O.O.O.O.O.O.O.O.O=S(=O)(O)c1ccc(C2=CC3=NC2=CC2=NC(=CC4=NC(=CC5=NC(=C3)C=C5)C=C4)C=C2)cc1. The Bertz CT molecular complexity index is 1660. The minimum absolute atomic E-state index is 0. The number of allylic oxidation sites excluding steroid dienone is 12. The molecule has 0 unspecified atom stereocenters. The third-order valence-electron chi connectivity index (χ3n) is 5.50. The average Bonchev–Trinajstić information content (AvgIpc) is 3.58. The van der Waals surface area contributed by atoms with Crippen LogP contribution in [0, 0.1) is 0 Å². The predicted molar refractivity (Wildman–Crippen MR) is 177 cm³/mol. The summed E-state index contributed by atoms with van der Waals surface area (Å²) in [6.45, 7) is 0. The average molecular weight is 681 g/mol. The molecule has 8 bridgehead atoms. The summed E-state index contributed by atoms with van der Waals surface area (Å²) in [6.07, 6.45) is 21.1. The van der Waals surface area contributed by atoms with Crippen molar-refractivity contribution in [2.45, 2.75) is 4.90 Å². The standard InChI is InChI=1S/C26H16N4O3S.12H2O/c31-34(32,33)24-9-1-16(2-10-24)25-14-23-13-21-6-5-19(28-21)11-17-3-4-18(27-17)12-20-7-8-22(29-20)15-26(25)30-23;;;;;;;;;;;;/h1-15H,(H,31,32,33);12*1H2. The zero-order chi connectivity index (χ0) is 23.3. The third-order valence-corrected chi connectivity index (χ3v) is 6.37. The largest absolute Gasteiger partial charge is 0.412 e. The molecule has 0 saturated heterocycles. The molecule has 0 aliphatic carbocycles. The maximum atomic E-state index is 11.4. The van der Waals surface area contributed by atoms with Gasteiger partial charge in [-0.3, -0.25) is 4.55 Å². The Morgan fingerprint density at radius 2 is 0.804 bits per heavy atom. The van der Waals surface area contributed by atoms with Crippen molar-refractivity contribution >= 4 is 38.5 Å². The Morgan fingerprint density at radius 1 is 0.435 bits per heavy atom. The highest BCUT2D eigenvalue weighted by atomic mass is 32.2. The molecule has 0 spiro atoms. The molecule has 0 aromatic heterocycles. The molecule has 0 atom stereocenters. The summed E-state index contributed by atoms with van der Waals surface area (Å²) >= 11 is 0. The Balaban J connectivity index is -0.000000253. The third kappa shape index (κ3) is 11.6. The van der Waals surface area contributed by atoms with E-state index in [-0.39, 0.29) is 70.6 Å². The second-order valence-electron chi connectivity index (χ2n) is 7.94. The fourth-order valence-corrected chi connectivity index (χ4v) is 4.42. The summed E-state index contributed by atoms with van der Waals surface area (Å²) < 4.78 is 32.1. The monoisotopic (exact) mass is 680 g/mol. The topological polar surface area (TPSA) is 482 Å². The second-order valence-corrected chi connectivity index (χ2v) is 9.36. The van der Waals surface area contributed by atoms with E-state index in [0.29, 0.717) is 11.4 Å². The highest BCUT2D eigenvalue weighted by Crippen LogP contribution is 2.31. The van der Waals surface area contributed by atoms with Gasteiger partial charge in [0.1, 0.15) is 0 Å². The molecule has 0 saturated carbocycles. The molecule has 260 valence electrons. The van der Waals surface area contributed by atoms with Gasteiger partial charge in [0.2, 0.25) is 0 Å². The first-order valence-corrected chi connectivity index (χ1v) is 11.9. The quantitative estimate of drug-likeness (QED) is 0.299. The lowest BCUT2D eigenvalue weighted by Gasteiger charge is -2.05. The molecule has 5 heterocycles. The van der Waals surface area contributed by atoms with Crippen LogP contribution in [0.25, 0.3) is 5.57 Å². The number of rotatable bonds is 2. The Hall–Kier alpha value is -4.75. The number of benzene rings is 1. The molecule has 5 aliphatic heterocycles. The minimum Gasteiger partial charge on any atom is -0.412 e. The Labute approximate surface area is 261 Å². The van der Waals surface area contributed by atoms with Crippen LogP contribution in [0.4, 0.5) is 0 Å². The van der Waals surface area contributed by atoms with E-state index in [1.165, 1.54) is 12.1 Å². The van der Waals surface area contributed by atoms with Crippen LogP contribution in [0.2, 0.25) is 0 Å². The van der Waals surface area contributed by atoms with E-state index in [2.05, 4.69) is 15.0 Å². The highest BCUT2D eigenvalue weighted by molar-refractivity contribution is 7.85. The van der Waals surface area contributed by atoms with E-state index in [1.54, 1.807) is 12.1 Å². The number of aliphatic imine (C=N–C) groups is 4. The van der Waals surface area contributed by atoms with Crippen molar-refractivity contribution in [1.82, 2.24) is 0 Å². The van der Waals surface area contributed by atoms with Crippen LogP contribution < -0.4 is 0 Å². The van der Waals surface area contributed by atoms with Gasteiger partial charge in [0.05, 0.1) is 50.5 Å². The van der Waals surface area contributed by atoms with E-state index in [0.717, 1.165) is 45.4 Å². The summed E-state index contributed by atoms with van der Waals surface area (Å²) in [4.78, 5) is 18.5. The summed E-state index contributed by atoms with van der Waals surface area (Å²) in [5.74, 6) is 0. The molecule has 0 fully saturated rings. The molecular weight excluding hydrogens is 640 g/mol. The lowest BCUT2D eigenvalue weighted by Crippen LogP contribution is -1.98. The molecule has 0 radical (unpaired) electrons. The fourth-order valence-electron chi connectivity index (χ4n) is 3.94. The van der Waals surface area contributed by atoms with Crippen molar-refractivity contribution in [3.63, 3.8) is 0 Å². The lowest BCUT2D eigenvalue weighted by atomic mass is 10.0. The second kappa shape index (κ2) is 21.9. The van der Waals surface area contributed by atoms with Crippen LogP contribution in [0.3, 0.4) is 0 Å². The zero-order valence-corrected chi connectivity index (χ0v) is 24.4. The molecule has 5 aliphatic rings.